The first-order chi connectivity index (χ1) is 15.0. The number of rotatable bonds is 5. The first kappa shape index (κ1) is 21.9. The molecule has 4 rings (SSSR count). The Morgan fingerprint density at radius 3 is 2.50 bits per heavy atom. The monoisotopic (exact) mass is 443 g/mol. The van der Waals surface area contributed by atoms with Crippen LogP contribution in [-0.2, 0) is 19.5 Å². The molecule has 0 bridgehead atoms. The minimum Gasteiger partial charge on any atom is -0.361 e. The fourth-order valence-corrected chi connectivity index (χ4v) is 4.10. The molecule has 0 saturated carbocycles. The van der Waals surface area contributed by atoms with Gasteiger partial charge in [-0.05, 0) is 32.9 Å². The number of imidazole rings is 1. The van der Waals surface area contributed by atoms with Crippen LogP contribution >= 0.6 is 0 Å². The van der Waals surface area contributed by atoms with E-state index in [1.54, 1.807) is 23.1 Å². The molecular formula is C23H24F3N5O. The zero-order valence-corrected chi connectivity index (χ0v) is 18.5. The predicted octanol–water partition coefficient (Wildman–Crippen LogP) is 5.04. The van der Waals surface area contributed by atoms with E-state index in [9.17, 15) is 18.0 Å². The quantitative estimate of drug-likeness (QED) is 0.470. The van der Waals surface area contributed by atoms with Gasteiger partial charge in [0, 0.05) is 36.9 Å². The van der Waals surface area contributed by atoms with E-state index >= 15 is 0 Å². The van der Waals surface area contributed by atoms with Crippen molar-refractivity contribution in [2.75, 3.05) is 5.32 Å². The highest BCUT2D eigenvalue weighted by molar-refractivity contribution is 6.01. The van der Waals surface area contributed by atoms with E-state index in [-0.39, 0.29) is 11.3 Å². The van der Waals surface area contributed by atoms with Gasteiger partial charge in [0.15, 0.2) is 5.82 Å². The highest BCUT2D eigenvalue weighted by Gasteiger charge is 2.30. The highest BCUT2D eigenvalue weighted by atomic mass is 19.3. The molecule has 2 aromatic carbocycles. The lowest BCUT2D eigenvalue weighted by Gasteiger charge is -2.20. The number of nitrogens with zero attached hydrogens (tertiary/aromatic N) is 4. The fourth-order valence-electron chi connectivity index (χ4n) is 4.10. The molecule has 9 heteroatoms. The third-order valence-corrected chi connectivity index (χ3v) is 5.87. The Kier molecular flexibility index (Phi) is 5.22. The maximum atomic E-state index is 14.9. The summed E-state index contributed by atoms with van der Waals surface area (Å²) in [6, 6.07) is 7.06. The van der Waals surface area contributed by atoms with E-state index in [0.717, 1.165) is 22.5 Å². The topological polar surface area (TPSA) is 64.7 Å². The Balaban J connectivity index is 1.85. The lowest BCUT2D eigenvalue weighted by molar-refractivity contribution is 0.0136. The van der Waals surface area contributed by atoms with E-state index in [0.29, 0.717) is 30.4 Å². The average molecular weight is 443 g/mol. The van der Waals surface area contributed by atoms with Crippen molar-refractivity contribution in [1.29, 1.82) is 0 Å². The third kappa shape index (κ3) is 3.41. The second-order valence-corrected chi connectivity index (χ2v) is 8.07. The molecule has 6 nitrogen and oxygen atoms in total. The second kappa shape index (κ2) is 7.65. The van der Waals surface area contributed by atoms with Crippen LogP contribution in [0, 0.1) is 12.7 Å². The van der Waals surface area contributed by atoms with E-state index in [1.807, 2.05) is 26.0 Å². The standard InChI is InChI=1S/C23H24F3N5O/c1-6-31-19-11-16-15(10-18(19)30(5)22(31)32)13(3)28-29-21(16)27-12(2)14-8-7-9-17(20(14)24)23(4,25)26/h7-12H,6H2,1-5H3,(H,27,29). The van der Waals surface area contributed by atoms with Gasteiger partial charge in [-0.25, -0.2) is 18.0 Å². The van der Waals surface area contributed by atoms with Crippen LogP contribution in [-0.4, -0.2) is 19.3 Å². The molecule has 2 heterocycles. The summed E-state index contributed by atoms with van der Waals surface area (Å²) in [5, 5.41) is 13.1. The summed E-state index contributed by atoms with van der Waals surface area (Å²) < 4.78 is 45.7. The number of hydrogen-bond acceptors (Lipinski definition) is 4. The third-order valence-electron chi connectivity index (χ3n) is 5.87. The summed E-state index contributed by atoms with van der Waals surface area (Å²) in [6.45, 7) is 6.55. The van der Waals surface area contributed by atoms with Crippen LogP contribution in [0.3, 0.4) is 0 Å². The summed E-state index contributed by atoms with van der Waals surface area (Å²) in [5.41, 5.74) is 1.51. The van der Waals surface area contributed by atoms with Crippen LogP contribution in [0.2, 0.25) is 0 Å². The first-order valence-corrected chi connectivity index (χ1v) is 10.3. The summed E-state index contributed by atoms with van der Waals surface area (Å²) >= 11 is 0. The summed E-state index contributed by atoms with van der Waals surface area (Å²) in [6.07, 6.45) is 0. The smallest absolute Gasteiger partial charge is 0.328 e. The predicted molar refractivity (Wildman–Crippen MR) is 119 cm³/mol. The number of anilines is 1. The first-order valence-electron chi connectivity index (χ1n) is 10.3. The lowest BCUT2D eigenvalue weighted by Crippen LogP contribution is -2.21. The second-order valence-electron chi connectivity index (χ2n) is 8.07. The van der Waals surface area contributed by atoms with Crippen LogP contribution in [0.4, 0.5) is 19.0 Å². The van der Waals surface area contributed by atoms with Crippen molar-refractivity contribution in [3.63, 3.8) is 0 Å². The number of aryl methyl sites for hydroxylation is 3. The van der Waals surface area contributed by atoms with Gasteiger partial charge in [-0.3, -0.25) is 9.13 Å². The fraction of sp³-hybridized carbons (Fsp3) is 0.348. The van der Waals surface area contributed by atoms with Crippen LogP contribution < -0.4 is 11.0 Å². The molecule has 32 heavy (non-hydrogen) atoms. The number of hydrogen-bond donors (Lipinski definition) is 1. The van der Waals surface area contributed by atoms with Gasteiger partial charge in [-0.15, -0.1) is 5.10 Å². The van der Waals surface area contributed by atoms with Crippen molar-refractivity contribution in [2.45, 2.75) is 46.2 Å². The van der Waals surface area contributed by atoms with Crippen molar-refractivity contribution in [3.8, 4) is 0 Å². The van der Waals surface area contributed by atoms with E-state index in [4.69, 9.17) is 0 Å². The maximum Gasteiger partial charge on any atom is 0.328 e. The molecule has 1 unspecified atom stereocenters. The van der Waals surface area contributed by atoms with Crippen molar-refractivity contribution >= 4 is 27.6 Å². The molecule has 0 aliphatic carbocycles. The normalized spacial score (nSPS) is 13.1. The van der Waals surface area contributed by atoms with Crippen LogP contribution in [0.5, 0.6) is 0 Å². The number of halogens is 3. The van der Waals surface area contributed by atoms with Gasteiger partial charge in [-0.2, -0.15) is 5.10 Å². The zero-order chi connectivity index (χ0) is 23.4. The Labute approximate surface area is 182 Å². The molecule has 0 aliphatic rings. The van der Waals surface area contributed by atoms with Crippen molar-refractivity contribution in [1.82, 2.24) is 19.3 Å². The SMILES string of the molecule is CCn1c(=O)n(C)c2cc3c(C)nnc(NC(C)c4cccc(C(C)(F)F)c4F)c3cc21. The number of aromatic nitrogens is 4. The minimum absolute atomic E-state index is 0.103. The van der Waals surface area contributed by atoms with Crippen molar-refractivity contribution in [3.05, 3.63) is 63.5 Å². The zero-order valence-electron chi connectivity index (χ0n) is 18.5. The number of alkyl halides is 2. The van der Waals surface area contributed by atoms with E-state index in [2.05, 4.69) is 15.5 Å². The average Bonchev–Trinajstić information content (AvgIpc) is 2.97. The van der Waals surface area contributed by atoms with Crippen LogP contribution in [0.15, 0.2) is 35.1 Å². The molecule has 2 aromatic heterocycles. The molecule has 0 aliphatic heterocycles. The molecule has 168 valence electrons. The van der Waals surface area contributed by atoms with Crippen molar-refractivity contribution < 1.29 is 13.2 Å². The number of nitrogens with one attached hydrogen (secondary N) is 1. The Bertz CT molecular complexity index is 1400. The maximum absolute atomic E-state index is 14.9. The molecule has 0 radical (unpaired) electrons. The molecule has 0 amide bonds. The molecule has 1 N–H and O–H groups in total. The van der Waals surface area contributed by atoms with Gasteiger partial charge < -0.3 is 5.32 Å². The summed E-state index contributed by atoms with van der Waals surface area (Å²) in [7, 11) is 1.72. The molecule has 0 spiro atoms. The van der Waals surface area contributed by atoms with Gasteiger partial charge in [-0.1, -0.05) is 18.2 Å². The van der Waals surface area contributed by atoms with E-state index < -0.39 is 23.3 Å². The Hall–Kier alpha value is -3.36. The molecule has 0 fully saturated rings. The van der Waals surface area contributed by atoms with Gasteiger partial charge in [0.2, 0.25) is 0 Å². The molecule has 4 aromatic rings. The van der Waals surface area contributed by atoms with Gasteiger partial charge in [0.05, 0.1) is 28.3 Å². The summed E-state index contributed by atoms with van der Waals surface area (Å²) in [4.78, 5) is 12.6. The van der Waals surface area contributed by atoms with Crippen LogP contribution in [0.1, 0.15) is 43.6 Å². The van der Waals surface area contributed by atoms with E-state index in [1.165, 1.54) is 12.1 Å². The Morgan fingerprint density at radius 2 is 1.84 bits per heavy atom. The number of benzene rings is 2. The van der Waals surface area contributed by atoms with Gasteiger partial charge >= 0.3 is 5.69 Å². The lowest BCUT2D eigenvalue weighted by atomic mass is 10.0. The Morgan fingerprint density at radius 1 is 1.16 bits per heavy atom. The highest BCUT2D eigenvalue weighted by Crippen LogP contribution is 2.34. The van der Waals surface area contributed by atoms with Gasteiger partial charge in [0.1, 0.15) is 5.82 Å². The largest absolute Gasteiger partial charge is 0.361 e. The van der Waals surface area contributed by atoms with Crippen LogP contribution in [0.25, 0.3) is 21.8 Å². The molecule has 0 saturated heterocycles. The molecular weight excluding hydrogens is 419 g/mol. The number of fused-ring (bicyclic) bond motifs is 2. The van der Waals surface area contributed by atoms with Crippen molar-refractivity contribution in [2.24, 2.45) is 7.05 Å². The molecule has 1 atom stereocenters. The summed E-state index contributed by atoms with van der Waals surface area (Å²) in [5.74, 6) is -3.86. The minimum atomic E-state index is -3.29. The van der Waals surface area contributed by atoms with Gasteiger partial charge in [0.25, 0.3) is 5.92 Å².